The number of benzene rings is 2. The standard InChI is InChI=1S/C20H17F3N2O2/c1-13-17(18(24-27-13)15-8-4-3-5-9-15)19(26)25(2)12-14-7-6-10-16(11-14)20(21,22)23/h3-11H,12H2,1-2H3. The minimum absolute atomic E-state index is 0.0294. The molecule has 1 heterocycles. The Balaban J connectivity index is 1.86. The fourth-order valence-corrected chi connectivity index (χ4v) is 2.80. The van der Waals surface area contributed by atoms with Gasteiger partial charge in [-0.3, -0.25) is 4.79 Å². The molecule has 7 heteroatoms. The molecule has 0 atom stereocenters. The average molecular weight is 374 g/mol. The first kappa shape index (κ1) is 18.7. The predicted molar refractivity (Wildman–Crippen MR) is 93.9 cm³/mol. The molecule has 0 saturated heterocycles. The fourth-order valence-electron chi connectivity index (χ4n) is 2.80. The van der Waals surface area contributed by atoms with Crippen molar-refractivity contribution in [3.63, 3.8) is 0 Å². The highest BCUT2D eigenvalue weighted by Gasteiger charge is 2.30. The molecule has 0 unspecified atom stereocenters. The van der Waals surface area contributed by atoms with E-state index in [1.54, 1.807) is 25.1 Å². The van der Waals surface area contributed by atoms with Crippen molar-refractivity contribution in [3.05, 3.63) is 77.0 Å². The topological polar surface area (TPSA) is 46.3 Å². The first-order valence-electron chi connectivity index (χ1n) is 8.20. The fraction of sp³-hybridized carbons (Fsp3) is 0.200. The Bertz CT molecular complexity index is 949. The van der Waals surface area contributed by atoms with Gasteiger partial charge in [0.25, 0.3) is 5.91 Å². The molecule has 0 saturated carbocycles. The van der Waals surface area contributed by atoms with Crippen LogP contribution in [0.3, 0.4) is 0 Å². The van der Waals surface area contributed by atoms with Crippen molar-refractivity contribution >= 4 is 5.91 Å². The number of aryl methyl sites for hydroxylation is 1. The summed E-state index contributed by atoms with van der Waals surface area (Å²) in [4.78, 5) is 14.3. The van der Waals surface area contributed by atoms with E-state index in [1.165, 1.54) is 18.0 Å². The van der Waals surface area contributed by atoms with Gasteiger partial charge in [-0.15, -0.1) is 0 Å². The van der Waals surface area contributed by atoms with Crippen LogP contribution in [0.4, 0.5) is 13.2 Å². The maximum Gasteiger partial charge on any atom is 0.416 e. The first-order chi connectivity index (χ1) is 12.8. The Hall–Kier alpha value is -3.09. The zero-order valence-electron chi connectivity index (χ0n) is 14.7. The number of nitrogens with zero attached hydrogens (tertiary/aromatic N) is 2. The summed E-state index contributed by atoms with van der Waals surface area (Å²) in [6, 6.07) is 14.0. The number of alkyl halides is 3. The van der Waals surface area contributed by atoms with Crippen LogP contribution in [0.5, 0.6) is 0 Å². The van der Waals surface area contributed by atoms with Gasteiger partial charge in [0.15, 0.2) is 0 Å². The van der Waals surface area contributed by atoms with Gasteiger partial charge < -0.3 is 9.42 Å². The molecule has 4 nitrogen and oxygen atoms in total. The second-order valence-corrected chi connectivity index (χ2v) is 6.19. The maximum atomic E-state index is 12.9. The number of rotatable bonds is 4. The minimum atomic E-state index is -4.43. The molecule has 2 aromatic carbocycles. The number of hydrogen-bond donors (Lipinski definition) is 0. The Morgan fingerprint density at radius 2 is 1.81 bits per heavy atom. The number of hydrogen-bond acceptors (Lipinski definition) is 3. The summed E-state index contributed by atoms with van der Waals surface area (Å²) in [7, 11) is 1.53. The Morgan fingerprint density at radius 3 is 2.48 bits per heavy atom. The van der Waals surface area contributed by atoms with Crippen molar-refractivity contribution in [2.24, 2.45) is 0 Å². The van der Waals surface area contributed by atoms with Crippen LogP contribution in [0.15, 0.2) is 59.1 Å². The highest BCUT2D eigenvalue weighted by atomic mass is 19.4. The summed E-state index contributed by atoms with van der Waals surface area (Å²) < 4.78 is 43.8. The average Bonchev–Trinajstić information content (AvgIpc) is 3.03. The number of carbonyl (C=O) groups is 1. The molecule has 0 fully saturated rings. The highest BCUT2D eigenvalue weighted by molar-refractivity contribution is 6.00. The van der Waals surface area contributed by atoms with E-state index in [-0.39, 0.29) is 12.5 Å². The third-order valence-corrected chi connectivity index (χ3v) is 4.14. The van der Waals surface area contributed by atoms with Crippen LogP contribution in [0.1, 0.15) is 27.2 Å². The zero-order valence-corrected chi connectivity index (χ0v) is 14.7. The molecule has 0 bridgehead atoms. The molecule has 3 rings (SSSR count). The van der Waals surface area contributed by atoms with Crippen LogP contribution < -0.4 is 0 Å². The smallest absolute Gasteiger partial charge is 0.360 e. The molecule has 1 aromatic heterocycles. The normalized spacial score (nSPS) is 11.4. The van der Waals surface area contributed by atoms with E-state index >= 15 is 0 Å². The Labute approximate surface area is 154 Å². The van der Waals surface area contributed by atoms with Crippen LogP contribution in [0.25, 0.3) is 11.3 Å². The summed E-state index contributed by atoms with van der Waals surface area (Å²) in [5, 5.41) is 3.97. The summed E-state index contributed by atoms with van der Waals surface area (Å²) in [5.41, 5.74) is 1.08. The molecule has 140 valence electrons. The molecule has 0 aliphatic carbocycles. The summed E-state index contributed by atoms with van der Waals surface area (Å²) in [5.74, 6) is -0.0141. The van der Waals surface area contributed by atoms with Crippen molar-refractivity contribution in [3.8, 4) is 11.3 Å². The van der Waals surface area contributed by atoms with Crippen molar-refractivity contribution in [1.82, 2.24) is 10.1 Å². The van der Waals surface area contributed by atoms with Gasteiger partial charge in [0.05, 0.1) is 5.56 Å². The summed E-state index contributed by atoms with van der Waals surface area (Å²) in [6.45, 7) is 1.66. The van der Waals surface area contributed by atoms with Gasteiger partial charge >= 0.3 is 6.18 Å². The molecule has 27 heavy (non-hydrogen) atoms. The van der Waals surface area contributed by atoms with Crippen LogP contribution in [0.2, 0.25) is 0 Å². The van der Waals surface area contributed by atoms with Gasteiger partial charge in [-0.25, -0.2) is 0 Å². The van der Waals surface area contributed by atoms with E-state index in [4.69, 9.17) is 4.52 Å². The van der Waals surface area contributed by atoms with E-state index in [1.807, 2.05) is 18.2 Å². The van der Waals surface area contributed by atoms with Crippen LogP contribution in [-0.4, -0.2) is 23.0 Å². The SMILES string of the molecule is Cc1onc(-c2ccccc2)c1C(=O)N(C)Cc1cccc(C(F)(F)F)c1. The highest BCUT2D eigenvalue weighted by Crippen LogP contribution is 2.30. The summed E-state index contributed by atoms with van der Waals surface area (Å²) in [6.07, 6.45) is -4.43. The Kier molecular flexibility index (Phi) is 5.03. The number of amides is 1. The molecule has 0 spiro atoms. The molecule has 0 N–H and O–H groups in total. The lowest BCUT2D eigenvalue weighted by atomic mass is 10.0. The third kappa shape index (κ3) is 4.02. The molecule has 1 amide bonds. The van der Waals surface area contributed by atoms with Crippen molar-refractivity contribution in [1.29, 1.82) is 0 Å². The largest absolute Gasteiger partial charge is 0.416 e. The number of carbonyl (C=O) groups excluding carboxylic acids is 1. The molecule has 0 aliphatic heterocycles. The zero-order chi connectivity index (χ0) is 19.6. The van der Waals surface area contributed by atoms with E-state index in [9.17, 15) is 18.0 Å². The third-order valence-electron chi connectivity index (χ3n) is 4.14. The monoisotopic (exact) mass is 374 g/mol. The van der Waals surface area contributed by atoms with Crippen molar-refractivity contribution < 1.29 is 22.5 Å². The van der Waals surface area contributed by atoms with Gasteiger partial charge in [-0.05, 0) is 24.6 Å². The van der Waals surface area contributed by atoms with Crippen molar-refractivity contribution in [2.75, 3.05) is 7.05 Å². The van der Waals surface area contributed by atoms with Crippen LogP contribution in [-0.2, 0) is 12.7 Å². The van der Waals surface area contributed by atoms with Gasteiger partial charge in [-0.2, -0.15) is 13.2 Å². The van der Waals surface area contributed by atoms with E-state index < -0.39 is 11.7 Å². The lowest BCUT2D eigenvalue weighted by Gasteiger charge is -2.18. The second-order valence-electron chi connectivity index (χ2n) is 6.19. The van der Waals surface area contributed by atoms with Crippen molar-refractivity contribution in [2.45, 2.75) is 19.6 Å². The number of aromatic nitrogens is 1. The second kappa shape index (κ2) is 7.26. The minimum Gasteiger partial charge on any atom is -0.360 e. The lowest BCUT2D eigenvalue weighted by Crippen LogP contribution is -2.27. The van der Waals surface area contributed by atoms with E-state index in [0.717, 1.165) is 17.7 Å². The van der Waals surface area contributed by atoms with E-state index in [2.05, 4.69) is 5.16 Å². The molecule has 0 radical (unpaired) electrons. The van der Waals surface area contributed by atoms with Gasteiger partial charge in [0.1, 0.15) is 17.0 Å². The van der Waals surface area contributed by atoms with Crippen LogP contribution >= 0.6 is 0 Å². The first-order valence-corrected chi connectivity index (χ1v) is 8.20. The Morgan fingerprint density at radius 1 is 1.11 bits per heavy atom. The molecular formula is C20H17F3N2O2. The molecule has 3 aromatic rings. The van der Waals surface area contributed by atoms with Gasteiger partial charge in [-0.1, -0.05) is 47.6 Å². The summed E-state index contributed by atoms with van der Waals surface area (Å²) >= 11 is 0. The van der Waals surface area contributed by atoms with Gasteiger partial charge in [0.2, 0.25) is 0 Å². The van der Waals surface area contributed by atoms with Crippen LogP contribution in [0, 0.1) is 6.92 Å². The van der Waals surface area contributed by atoms with Gasteiger partial charge in [0, 0.05) is 19.2 Å². The number of halogens is 3. The molecular weight excluding hydrogens is 357 g/mol. The molecule has 0 aliphatic rings. The quantitative estimate of drug-likeness (QED) is 0.650. The predicted octanol–water partition coefficient (Wildman–Crippen LogP) is 4.94. The van der Waals surface area contributed by atoms with E-state index in [0.29, 0.717) is 22.6 Å². The lowest BCUT2D eigenvalue weighted by molar-refractivity contribution is -0.137. The maximum absolute atomic E-state index is 12.9.